The van der Waals surface area contributed by atoms with Crippen LogP contribution in [0.15, 0.2) is 42.5 Å². The van der Waals surface area contributed by atoms with Gasteiger partial charge in [-0.3, -0.25) is 0 Å². The zero-order valence-electron chi connectivity index (χ0n) is 12.0. The van der Waals surface area contributed by atoms with Crippen LogP contribution in [0.25, 0.3) is 0 Å². The monoisotopic (exact) mass is 270 g/mol. The van der Waals surface area contributed by atoms with E-state index >= 15 is 0 Å². The van der Waals surface area contributed by atoms with Crippen molar-refractivity contribution in [3.8, 4) is 5.75 Å². The topological polar surface area (TPSA) is 35.5 Å². The summed E-state index contributed by atoms with van der Waals surface area (Å²) >= 11 is 0. The molecular formula is C17H18O3. The molecule has 20 heavy (non-hydrogen) atoms. The van der Waals surface area contributed by atoms with Gasteiger partial charge in [-0.2, -0.15) is 0 Å². The summed E-state index contributed by atoms with van der Waals surface area (Å²) < 4.78 is 10.7. The van der Waals surface area contributed by atoms with E-state index < -0.39 is 0 Å². The summed E-state index contributed by atoms with van der Waals surface area (Å²) in [6.45, 7) is 4.30. The Bertz CT molecular complexity index is 603. The second-order valence-electron chi connectivity index (χ2n) is 4.72. The molecule has 2 rings (SSSR count). The fourth-order valence-corrected chi connectivity index (χ4v) is 2.14. The number of rotatable bonds is 4. The molecule has 0 amide bonds. The van der Waals surface area contributed by atoms with Crippen molar-refractivity contribution in [1.29, 1.82) is 0 Å². The van der Waals surface area contributed by atoms with Crippen LogP contribution in [0, 0.1) is 13.8 Å². The highest BCUT2D eigenvalue weighted by Crippen LogP contribution is 2.27. The highest BCUT2D eigenvalue weighted by atomic mass is 16.5. The van der Waals surface area contributed by atoms with Gasteiger partial charge >= 0.3 is 5.97 Å². The highest BCUT2D eigenvalue weighted by molar-refractivity contribution is 5.93. The molecule has 2 aromatic carbocycles. The van der Waals surface area contributed by atoms with Crippen molar-refractivity contribution < 1.29 is 14.3 Å². The van der Waals surface area contributed by atoms with Gasteiger partial charge in [0.15, 0.2) is 0 Å². The van der Waals surface area contributed by atoms with Gasteiger partial charge in [0, 0.05) is 0 Å². The van der Waals surface area contributed by atoms with Gasteiger partial charge < -0.3 is 9.47 Å². The molecule has 0 N–H and O–H groups in total. The van der Waals surface area contributed by atoms with Crippen LogP contribution in [0.5, 0.6) is 5.75 Å². The van der Waals surface area contributed by atoms with Gasteiger partial charge in [0.25, 0.3) is 0 Å². The molecule has 2 aromatic rings. The van der Waals surface area contributed by atoms with Crippen LogP contribution in [0.1, 0.15) is 27.0 Å². The number of hydrogen-bond acceptors (Lipinski definition) is 3. The third kappa shape index (κ3) is 3.18. The van der Waals surface area contributed by atoms with Gasteiger partial charge in [0.2, 0.25) is 0 Å². The first-order valence-electron chi connectivity index (χ1n) is 6.48. The Morgan fingerprint density at radius 1 is 1.10 bits per heavy atom. The molecule has 0 heterocycles. The van der Waals surface area contributed by atoms with Crippen LogP contribution < -0.4 is 4.74 Å². The van der Waals surface area contributed by atoms with Crippen molar-refractivity contribution in [2.45, 2.75) is 20.5 Å². The van der Waals surface area contributed by atoms with Crippen molar-refractivity contribution in [2.24, 2.45) is 0 Å². The lowest BCUT2D eigenvalue weighted by Gasteiger charge is -2.14. The Hall–Kier alpha value is -2.29. The maximum Gasteiger partial charge on any atom is 0.341 e. The Labute approximate surface area is 119 Å². The Morgan fingerprint density at radius 3 is 2.45 bits per heavy atom. The number of benzene rings is 2. The summed E-state index contributed by atoms with van der Waals surface area (Å²) in [5, 5.41) is 0. The van der Waals surface area contributed by atoms with E-state index in [-0.39, 0.29) is 5.97 Å². The summed E-state index contributed by atoms with van der Waals surface area (Å²) in [6.07, 6.45) is 0. The van der Waals surface area contributed by atoms with Gasteiger partial charge in [-0.25, -0.2) is 4.79 Å². The second-order valence-corrected chi connectivity index (χ2v) is 4.72. The first-order valence-corrected chi connectivity index (χ1v) is 6.48. The van der Waals surface area contributed by atoms with Crippen LogP contribution in [-0.4, -0.2) is 13.1 Å². The van der Waals surface area contributed by atoms with E-state index in [1.54, 1.807) is 6.07 Å². The summed E-state index contributed by atoms with van der Waals surface area (Å²) in [7, 11) is 1.38. The van der Waals surface area contributed by atoms with Crippen molar-refractivity contribution in [3.63, 3.8) is 0 Å². The molecule has 0 unspecified atom stereocenters. The number of ether oxygens (including phenoxy) is 2. The van der Waals surface area contributed by atoms with E-state index in [4.69, 9.17) is 9.47 Å². The number of carbonyl (C=O) groups is 1. The van der Waals surface area contributed by atoms with Gasteiger partial charge in [0.05, 0.1) is 7.11 Å². The van der Waals surface area contributed by atoms with E-state index in [0.29, 0.717) is 17.9 Å². The summed E-state index contributed by atoms with van der Waals surface area (Å²) in [4.78, 5) is 11.8. The first kappa shape index (κ1) is 14.1. The summed E-state index contributed by atoms with van der Waals surface area (Å²) in [5.41, 5.74) is 3.47. The van der Waals surface area contributed by atoms with Gasteiger partial charge in [0.1, 0.15) is 17.9 Å². The lowest BCUT2D eigenvalue weighted by atomic mass is 10.1. The average Bonchev–Trinajstić information content (AvgIpc) is 2.46. The maximum absolute atomic E-state index is 11.8. The van der Waals surface area contributed by atoms with Crippen molar-refractivity contribution >= 4 is 5.97 Å². The second kappa shape index (κ2) is 6.24. The lowest BCUT2D eigenvalue weighted by molar-refractivity contribution is 0.0595. The molecule has 104 valence electrons. The molecule has 0 aliphatic carbocycles. The van der Waals surface area contributed by atoms with Crippen LogP contribution >= 0.6 is 0 Å². The van der Waals surface area contributed by atoms with Gasteiger partial charge in [-0.15, -0.1) is 0 Å². The fourth-order valence-electron chi connectivity index (χ4n) is 2.14. The molecule has 0 bridgehead atoms. The molecular weight excluding hydrogens is 252 g/mol. The largest absolute Gasteiger partial charge is 0.488 e. The smallest absolute Gasteiger partial charge is 0.341 e. The van der Waals surface area contributed by atoms with E-state index in [1.807, 2.05) is 50.2 Å². The average molecular weight is 270 g/mol. The Kier molecular flexibility index (Phi) is 4.41. The number of hydrogen-bond donors (Lipinski definition) is 0. The van der Waals surface area contributed by atoms with Gasteiger partial charge in [-0.05, 0) is 36.6 Å². The Balaban J connectivity index is 2.28. The first-order chi connectivity index (χ1) is 9.61. The standard InChI is InChI=1S/C17H18O3/c1-12-9-13(2)16(15(10-12)17(18)19-3)20-11-14-7-5-4-6-8-14/h4-10H,11H2,1-3H3. The lowest BCUT2D eigenvalue weighted by Crippen LogP contribution is -2.08. The predicted molar refractivity (Wildman–Crippen MR) is 78.0 cm³/mol. The SMILES string of the molecule is COC(=O)c1cc(C)cc(C)c1OCc1ccccc1. The highest BCUT2D eigenvalue weighted by Gasteiger charge is 2.16. The minimum atomic E-state index is -0.375. The normalized spacial score (nSPS) is 10.2. The molecule has 0 aliphatic rings. The predicted octanol–water partition coefficient (Wildman–Crippen LogP) is 3.67. The minimum Gasteiger partial charge on any atom is -0.488 e. The molecule has 0 aliphatic heterocycles. The third-order valence-corrected chi connectivity index (χ3v) is 3.05. The van der Waals surface area contributed by atoms with E-state index in [1.165, 1.54) is 7.11 Å². The fraction of sp³-hybridized carbons (Fsp3) is 0.235. The van der Waals surface area contributed by atoms with Crippen LogP contribution in [0.3, 0.4) is 0 Å². The number of carbonyl (C=O) groups excluding carboxylic acids is 1. The van der Waals surface area contributed by atoms with Crippen molar-refractivity contribution in [3.05, 3.63) is 64.7 Å². The summed E-state index contributed by atoms with van der Waals surface area (Å²) in [5.74, 6) is 0.214. The van der Waals surface area contributed by atoms with Crippen LogP contribution in [0.4, 0.5) is 0 Å². The van der Waals surface area contributed by atoms with E-state index in [9.17, 15) is 4.79 Å². The zero-order chi connectivity index (χ0) is 14.5. The minimum absolute atomic E-state index is 0.375. The summed E-state index contributed by atoms with van der Waals surface area (Å²) in [6, 6.07) is 13.6. The molecule has 0 saturated carbocycles. The molecule has 0 aromatic heterocycles. The molecule has 0 radical (unpaired) electrons. The van der Waals surface area contributed by atoms with E-state index in [0.717, 1.165) is 16.7 Å². The number of aryl methyl sites for hydroxylation is 2. The molecule has 3 nitrogen and oxygen atoms in total. The van der Waals surface area contributed by atoms with Crippen LogP contribution in [0.2, 0.25) is 0 Å². The molecule has 0 atom stereocenters. The molecule has 3 heteroatoms. The zero-order valence-corrected chi connectivity index (χ0v) is 12.0. The quantitative estimate of drug-likeness (QED) is 0.795. The van der Waals surface area contributed by atoms with Crippen molar-refractivity contribution in [1.82, 2.24) is 0 Å². The van der Waals surface area contributed by atoms with Crippen molar-refractivity contribution in [2.75, 3.05) is 7.11 Å². The number of methoxy groups -OCH3 is 1. The molecule has 0 fully saturated rings. The molecule has 0 saturated heterocycles. The maximum atomic E-state index is 11.8. The Morgan fingerprint density at radius 2 is 1.80 bits per heavy atom. The van der Waals surface area contributed by atoms with Crippen LogP contribution in [-0.2, 0) is 11.3 Å². The van der Waals surface area contributed by atoms with E-state index in [2.05, 4.69) is 0 Å². The van der Waals surface area contributed by atoms with Gasteiger partial charge in [-0.1, -0.05) is 36.4 Å². The third-order valence-electron chi connectivity index (χ3n) is 3.05. The number of esters is 1. The molecule has 0 spiro atoms.